The first-order valence-electron chi connectivity index (χ1n) is 13.2. The summed E-state index contributed by atoms with van der Waals surface area (Å²) in [7, 11) is 0. The number of nitrogens with one attached hydrogen (secondary N) is 2. The number of fused-ring (bicyclic) bond motifs is 1. The largest absolute Gasteiger partial charge is 0.349 e. The van der Waals surface area contributed by atoms with Crippen LogP contribution in [0.25, 0.3) is 11.3 Å². The molecule has 1 aromatic heterocycles. The highest BCUT2D eigenvalue weighted by molar-refractivity contribution is 6.30. The number of halogens is 3. The lowest BCUT2D eigenvalue weighted by Gasteiger charge is -2.33. The molecule has 1 unspecified atom stereocenters. The third-order valence-electron chi connectivity index (χ3n) is 7.75. The molecule has 3 aromatic rings. The Bertz CT molecular complexity index is 1450. The lowest BCUT2D eigenvalue weighted by atomic mass is 9.78. The number of hydrogen-bond acceptors (Lipinski definition) is 4. The Hall–Kier alpha value is -3.85. The fourth-order valence-electron chi connectivity index (χ4n) is 5.90. The number of carbonyl (C=O) groups is 3. The van der Waals surface area contributed by atoms with Crippen molar-refractivity contribution in [2.45, 2.75) is 38.3 Å². The number of nitrogens with zero attached hydrogens (tertiary/aromatic N) is 2. The molecule has 2 aliphatic rings. The van der Waals surface area contributed by atoms with Gasteiger partial charge in [0.1, 0.15) is 6.04 Å². The van der Waals surface area contributed by atoms with Crippen molar-refractivity contribution in [2.75, 3.05) is 13.1 Å². The molecular formula is C30H29ClF2N4O3. The average molecular weight is 567 g/mol. The van der Waals surface area contributed by atoms with Gasteiger partial charge in [0.15, 0.2) is 11.6 Å². The van der Waals surface area contributed by atoms with Gasteiger partial charge in [-0.2, -0.15) is 0 Å². The van der Waals surface area contributed by atoms with Crippen LogP contribution in [-0.4, -0.2) is 46.7 Å². The van der Waals surface area contributed by atoms with E-state index in [2.05, 4.69) is 15.6 Å². The molecule has 0 spiro atoms. The fourth-order valence-corrected chi connectivity index (χ4v) is 6.10. The molecule has 2 heterocycles. The first-order chi connectivity index (χ1) is 19.2. The molecule has 2 fully saturated rings. The van der Waals surface area contributed by atoms with E-state index in [1.807, 2.05) is 0 Å². The van der Waals surface area contributed by atoms with Crippen LogP contribution in [0.1, 0.15) is 48.1 Å². The van der Waals surface area contributed by atoms with Crippen LogP contribution in [0, 0.1) is 23.5 Å². The topological polar surface area (TPSA) is 91.4 Å². The highest BCUT2D eigenvalue weighted by atomic mass is 35.5. The molecule has 2 aromatic carbocycles. The molecule has 2 N–H and O–H groups in total. The van der Waals surface area contributed by atoms with Gasteiger partial charge >= 0.3 is 0 Å². The molecule has 0 bridgehead atoms. The molecule has 4 atom stereocenters. The summed E-state index contributed by atoms with van der Waals surface area (Å²) in [5.41, 5.74) is 1.42. The number of benzene rings is 2. The maximum absolute atomic E-state index is 13.9. The second-order valence-electron chi connectivity index (χ2n) is 10.4. The monoisotopic (exact) mass is 566 g/mol. The maximum atomic E-state index is 13.9. The van der Waals surface area contributed by atoms with Gasteiger partial charge in [0.25, 0.3) is 5.91 Å². The van der Waals surface area contributed by atoms with Crippen LogP contribution in [0.3, 0.4) is 0 Å². The Balaban J connectivity index is 1.33. The van der Waals surface area contributed by atoms with Crippen molar-refractivity contribution in [2.24, 2.45) is 11.8 Å². The van der Waals surface area contributed by atoms with Crippen LogP contribution >= 0.6 is 11.6 Å². The van der Waals surface area contributed by atoms with Crippen LogP contribution in [-0.2, 0) is 9.59 Å². The highest BCUT2D eigenvalue weighted by Gasteiger charge is 2.44. The van der Waals surface area contributed by atoms with Gasteiger partial charge in [0, 0.05) is 48.8 Å². The molecular weight excluding hydrogens is 538 g/mol. The number of rotatable bonds is 6. The van der Waals surface area contributed by atoms with Crippen LogP contribution < -0.4 is 10.6 Å². The standard InChI is InChI=1S/C30H29ClF2N4O3/c1-17(38)35-28(18-5-2-7-21(31)13-18)30(40)37-15-20-6-3-9-26(23(20)16-37)36-29(39)22-8-4-12-34-27(22)19-10-11-24(32)25(33)14-19/h2,4-5,7-8,10-14,20,23,26,28H,3,6,9,15-16H2,1H3,(H,35,38)(H,36,39)/t20-,23+,26-,28?/m1/s1. The number of likely N-dealkylation sites (tertiary alicyclic amines) is 1. The minimum absolute atomic E-state index is 0.0300. The Morgan fingerprint density at radius 1 is 1.02 bits per heavy atom. The molecule has 0 radical (unpaired) electrons. The molecule has 1 aliphatic carbocycles. The van der Waals surface area contributed by atoms with Crippen LogP contribution in [0.2, 0.25) is 5.02 Å². The molecule has 7 nitrogen and oxygen atoms in total. The van der Waals surface area contributed by atoms with Crippen molar-refractivity contribution < 1.29 is 23.2 Å². The Kier molecular flexibility index (Phi) is 8.12. The van der Waals surface area contributed by atoms with Gasteiger partial charge in [-0.15, -0.1) is 0 Å². The third kappa shape index (κ3) is 5.84. The normalized spacial score (nSPS) is 20.9. The lowest BCUT2D eigenvalue weighted by Crippen LogP contribution is -2.46. The van der Waals surface area contributed by atoms with Crippen molar-refractivity contribution in [1.82, 2.24) is 20.5 Å². The van der Waals surface area contributed by atoms with E-state index in [-0.39, 0.29) is 46.9 Å². The van der Waals surface area contributed by atoms with E-state index in [9.17, 15) is 23.2 Å². The van der Waals surface area contributed by atoms with Gasteiger partial charge in [-0.3, -0.25) is 19.4 Å². The average Bonchev–Trinajstić information content (AvgIpc) is 3.38. The number of carbonyl (C=O) groups excluding carboxylic acids is 3. The van der Waals surface area contributed by atoms with Crippen molar-refractivity contribution in [3.05, 3.63) is 88.6 Å². The summed E-state index contributed by atoms with van der Waals surface area (Å²) < 4.78 is 27.4. The van der Waals surface area contributed by atoms with E-state index < -0.39 is 17.7 Å². The Morgan fingerprint density at radius 2 is 1.85 bits per heavy atom. The predicted molar refractivity (Wildman–Crippen MR) is 146 cm³/mol. The number of pyridine rings is 1. The van der Waals surface area contributed by atoms with E-state index in [1.54, 1.807) is 41.3 Å². The number of aromatic nitrogens is 1. The van der Waals surface area contributed by atoms with E-state index in [1.165, 1.54) is 19.2 Å². The second kappa shape index (κ2) is 11.7. The first kappa shape index (κ1) is 27.7. The van der Waals surface area contributed by atoms with E-state index in [0.717, 1.165) is 31.4 Å². The summed E-state index contributed by atoms with van der Waals surface area (Å²) in [6.45, 7) is 2.33. The Labute approximate surface area is 235 Å². The zero-order chi connectivity index (χ0) is 28.4. The van der Waals surface area contributed by atoms with Gasteiger partial charge in [0.2, 0.25) is 11.8 Å². The van der Waals surface area contributed by atoms with Gasteiger partial charge in [0.05, 0.1) is 11.3 Å². The van der Waals surface area contributed by atoms with Crippen molar-refractivity contribution in [3.63, 3.8) is 0 Å². The smallest absolute Gasteiger partial charge is 0.253 e. The van der Waals surface area contributed by atoms with E-state index in [4.69, 9.17) is 11.6 Å². The first-order valence-corrected chi connectivity index (χ1v) is 13.6. The summed E-state index contributed by atoms with van der Waals surface area (Å²) >= 11 is 6.15. The molecule has 1 saturated heterocycles. The van der Waals surface area contributed by atoms with Gasteiger partial charge in [-0.25, -0.2) is 8.78 Å². The zero-order valence-electron chi connectivity index (χ0n) is 21.9. The minimum atomic E-state index is -1.02. The van der Waals surface area contributed by atoms with Crippen molar-refractivity contribution in [1.29, 1.82) is 0 Å². The molecule has 1 saturated carbocycles. The van der Waals surface area contributed by atoms with Gasteiger partial charge in [-0.1, -0.05) is 30.2 Å². The van der Waals surface area contributed by atoms with Crippen molar-refractivity contribution >= 4 is 29.3 Å². The second-order valence-corrected chi connectivity index (χ2v) is 10.8. The number of hydrogen-bond donors (Lipinski definition) is 2. The lowest BCUT2D eigenvalue weighted by molar-refractivity contribution is -0.135. The SMILES string of the molecule is CC(=O)NC(C(=O)N1C[C@H]2CCC[C@@H](NC(=O)c3cccnc3-c3ccc(F)c(F)c3)[C@H]2C1)c1cccc(Cl)c1. The minimum Gasteiger partial charge on any atom is -0.349 e. The molecule has 208 valence electrons. The molecule has 40 heavy (non-hydrogen) atoms. The van der Waals surface area contributed by atoms with E-state index in [0.29, 0.717) is 29.2 Å². The summed E-state index contributed by atoms with van der Waals surface area (Å²) in [5, 5.41) is 6.36. The van der Waals surface area contributed by atoms with Crippen LogP contribution in [0.15, 0.2) is 60.8 Å². The summed E-state index contributed by atoms with van der Waals surface area (Å²) in [4.78, 5) is 45.1. The maximum Gasteiger partial charge on any atom is 0.253 e. The zero-order valence-corrected chi connectivity index (χ0v) is 22.6. The third-order valence-corrected chi connectivity index (χ3v) is 7.98. The van der Waals surface area contributed by atoms with Gasteiger partial charge < -0.3 is 15.5 Å². The Morgan fingerprint density at radius 3 is 2.60 bits per heavy atom. The summed E-state index contributed by atoms with van der Waals surface area (Å²) in [6, 6.07) is 12.5. The van der Waals surface area contributed by atoms with Crippen molar-refractivity contribution in [3.8, 4) is 11.3 Å². The molecule has 3 amide bonds. The summed E-state index contributed by atoms with van der Waals surface area (Å²) in [5.74, 6) is -2.68. The molecule has 1 aliphatic heterocycles. The molecule has 5 rings (SSSR count). The van der Waals surface area contributed by atoms with E-state index >= 15 is 0 Å². The summed E-state index contributed by atoms with van der Waals surface area (Å²) in [6.07, 6.45) is 4.06. The number of amides is 3. The van der Waals surface area contributed by atoms with Crippen LogP contribution in [0.4, 0.5) is 8.78 Å². The quantitative estimate of drug-likeness (QED) is 0.443. The van der Waals surface area contributed by atoms with Crippen LogP contribution in [0.5, 0.6) is 0 Å². The highest BCUT2D eigenvalue weighted by Crippen LogP contribution is 2.38. The molecule has 10 heteroatoms. The fraction of sp³-hybridized carbons (Fsp3) is 0.333. The van der Waals surface area contributed by atoms with Gasteiger partial charge in [-0.05, 0) is 66.8 Å². The predicted octanol–water partition coefficient (Wildman–Crippen LogP) is 4.91.